The lowest BCUT2D eigenvalue weighted by Crippen LogP contribution is -2.04. The molecular weight excluding hydrogens is 352 g/mol. The zero-order valence-corrected chi connectivity index (χ0v) is 13.2. The van der Waals surface area contributed by atoms with Crippen LogP contribution in [0.4, 0.5) is 17.6 Å². The Balaban J connectivity index is 2.12. The number of hydrogen-bond acceptors (Lipinski definition) is 2. The minimum atomic E-state index is -2.71. The number of rotatable bonds is 5. The monoisotopic (exact) mass is 364 g/mol. The maximum atomic E-state index is 13.9. The summed E-state index contributed by atoms with van der Waals surface area (Å²) in [6, 6.07) is 6.88. The fourth-order valence-corrected chi connectivity index (χ4v) is 2.56. The molecule has 0 aliphatic rings. The van der Waals surface area contributed by atoms with Crippen LogP contribution in [0.3, 0.4) is 0 Å². The predicted molar refractivity (Wildman–Crippen MR) is 86.8 cm³/mol. The van der Waals surface area contributed by atoms with Crippen LogP contribution in [-0.4, -0.2) is 20.9 Å². The zero-order chi connectivity index (χ0) is 18.8. The van der Waals surface area contributed by atoms with Crippen molar-refractivity contribution >= 4 is 22.9 Å². The standard InChI is InChI=1S/C18H12F4N2O2/c19-12-3-1-11(14(20)8-12)9-24-16-7-10(18(21)22)2-4-13(16)15(23-24)5-6-17(25)26/h1-8,18H,9H2,(H,25,26). The first kappa shape index (κ1) is 17.7. The van der Waals surface area contributed by atoms with Gasteiger partial charge in [-0.25, -0.2) is 22.4 Å². The number of fused-ring (bicyclic) bond motifs is 1. The molecule has 2 aromatic carbocycles. The summed E-state index contributed by atoms with van der Waals surface area (Å²) in [4.78, 5) is 10.7. The van der Waals surface area contributed by atoms with Gasteiger partial charge in [-0.1, -0.05) is 18.2 Å². The Bertz CT molecular complexity index is 1010. The maximum absolute atomic E-state index is 13.9. The summed E-state index contributed by atoms with van der Waals surface area (Å²) in [5.41, 5.74) is 0.404. The topological polar surface area (TPSA) is 55.1 Å². The van der Waals surface area contributed by atoms with Crippen molar-refractivity contribution in [3.8, 4) is 0 Å². The second kappa shape index (κ2) is 6.99. The van der Waals surface area contributed by atoms with Crippen molar-refractivity contribution in [2.45, 2.75) is 13.0 Å². The van der Waals surface area contributed by atoms with Crippen LogP contribution in [-0.2, 0) is 11.3 Å². The molecule has 0 aliphatic heterocycles. The number of hydrogen-bond donors (Lipinski definition) is 1. The molecule has 1 N–H and O–H groups in total. The Kier molecular flexibility index (Phi) is 4.75. The van der Waals surface area contributed by atoms with Gasteiger partial charge in [0.05, 0.1) is 17.8 Å². The SMILES string of the molecule is O=C(O)C=Cc1nn(Cc2ccc(F)cc2F)c2cc(C(F)F)ccc12. The van der Waals surface area contributed by atoms with E-state index in [2.05, 4.69) is 5.10 Å². The molecule has 1 aromatic heterocycles. The minimum absolute atomic E-state index is 0.118. The third-order valence-electron chi connectivity index (χ3n) is 3.78. The summed E-state index contributed by atoms with van der Waals surface area (Å²) in [5, 5.41) is 13.4. The molecule has 0 radical (unpaired) electrons. The van der Waals surface area contributed by atoms with Gasteiger partial charge in [0, 0.05) is 28.7 Å². The van der Waals surface area contributed by atoms with Crippen LogP contribution >= 0.6 is 0 Å². The average molecular weight is 364 g/mol. The Hall–Kier alpha value is -3.16. The molecule has 8 heteroatoms. The summed E-state index contributed by atoms with van der Waals surface area (Å²) in [6.45, 7) is -0.129. The highest BCUT2D eigenvalue weighted by Gasteiger charge is 2.15. The van der Waals surface area contributed by atoms with E-state index in [-0.39, 0.29) is 28.9 Å². The molecule has 0 fully saturated rings. The Morgan fingerprint density at radius 3 is 2.62 bits per heavy atom. The van der Waals surface area contributed by atoms with Gasteiger partial charge in [-0.2, -0.15) is 5.10 Å². The summed E-state index contributed by atoms with van der Waals surface area (Å²) >= 11 is 0. The van der Waals surface area contributed by atoms with Gasteiger partial charge in [0.25, 0.3) is 6.43 Å². The molecule has 0 unspecified atom stereocenters. The van der Waals surface area contributed by atoms with Crippen molar-refractivity contribution in [3.63, 3.8) is 0 Å². The van der Waals surface area contributed by atoms with Gasteiger partial charge in [0.1, 0.15) is 11.6 Å². The normalized spacial score (nSPS) is 11.7. The lowest BCUT2D eigenvalue weighted by molar-refractivity contribution is -0.131. The van der Waals surface area contributed by atoms with Gasteiger partial charge in [-0.05, 0) is 18.2 Å². The van der Waals surface area contributed by atoms with Gasteiger partial charge in [0.2, 0.25) is 0 Å². The molecule has 4 nitrogen and oxygen atoms in total. The van der Waals surface area contributed by atoms with E-state index in [1.807, 2.05) is 0 Å². The number of benzene rings is 2. The van der Waals surface area contributed by atoms with E-state index in [0.29, 0.717) is 5.39 Å². The van der Waals surface area contributed by atoms with Crippen molar-refractivity contribution in [1.29, 1.82) is 0 Å². The number of aliphatic carboxylic acids is 1. The van der Waals surface area contributed by atoms with E-state index in [0.717, 1.165) is 18.2 Å². The van der Waals surface area contributed by atoms with E-state index < -0.39 is 24.0 Å². The van der Waals surface area contributed by atoms with Crippen LogP contribution in [0.25, 0.3) is 17.0 Å². The molecule has 0 saturated heterocycles. The van der Waals surface area contributed by atoms with E-state index in [9.17, 15) is 22.4 Å². The summed E-state index contributed by atoms with van der Waals surface area (Å²) < 4.78 is 54.2. The highest BCUT2D eigenvalue weighted by atomic mass is 19.3. The molecule has 3 aromatic rings. The first-order valence-electron chi connectivity index (χ1n) is 7.48. The van der Waals surface area contributed by atoms with Crippen LogP contribution in [0.2, 0.25) is 0 Å². The third-order valence-corrected chi connectivity index (χ3v) is 3.78. The predicted octanol–water partition coefficient (Wildman–Crippen LogP) is 4.40. The second-order valence-electron chi connectivity index (χ2n) is 5.53. The third kappa shape index (κ3) is 3.58. The molecule has 0 aliphatic carbocycles. The molecule has 0 spiro atoms. The number of carboxylic acid groups (broad SMARTS) is 1. The van der Waals surface area contributed by atoms with Crippen molar-refractivity contribution in [2.75, 3.05) is 0 Å². The van der Waals surface area contributed by atoms with Gasteiger partial charge in [-0.3, -0.25) is 4.68 Å². The number of aromatic nitrogens is 2. The number of nitrogens with zero attached hydrogens (tertiary/aromatic N) is 2. The Morgan fingerprint density at radius 2 is 1.96 bits per heavy atom. The number of carbonyl (C=O) groups is 1. The first-order valence-corrected chi connectivity index (χ1v) is 7.48. The smallest absolute Gasteiger partial charge is 0.328 e. The van der Waals surface area contributed by atoms with E-state index in [1.54, 1.807) is 0 Å². The molecular formula is C18H12F4N2O2. The van der Waals surface area contributed by atoms with Gasteiger partial charge < -0.3 is 5.11 Å². The molecule has 1 heterocycles. The summed E-state index contributed by atoms with van der Waals surface area (Å²) in [6.07, 6.45) is -0.612. The molecule has 26 heavy (non-hydrogen) atoms. The zero-order valence-electron chi connectivity index (χ0n) is 13.2. The van der Waals surface area contributed by atoms with E-state index in [4.69, 9.17) is 5.11 Å². The molecule has 0 saturated carbocycles. The lowest BCUT2D eigenvalue weighted by Gasteiger charge is -2.06. The molecule has 134 valence electrons. The number of alkyl halides is 2. The van der Waals surface area contributed by atoms with Gasteiger partial charge in [-0.15, -0.1) is 0 Å². The summed E-state index contributed by atoms with van der Waals surface area (Å²) in [5.74, 6) is -2.72. The number of carboxylic acids is 1. The second-order valence-corrected chi connectivity index (χ2v) is 5.53. The van der Waals surface area contributed by atoms with Crippen molar-refractivity contribution < 1.29 is 27.5 Å². The molecule has 3 rings (SSSR count). The Labute approximate surface area is 145 Å². The van der Waals surface area contributed by atoms with Crippen molar-refractivity contribution in [3.05, 3.63) is 70.9 Å². The fraction of sp³-hybridized carbons (Fsp3) is 0.111. The molecule has 0 atom stereocenters. The molecule has 0 bridgehead atoms. The minimum Gasteiger partial charge on any atom is -0.478 e. The average Bonchev–Trinajstić information content (AvgIpc) is 2.92. The van der Waals surface area contributed by atoms with Crippen LogP contribution < -0.4 is 0 Å². The van der Waals surface area contributed by atoms with Crippen LogP contribution in [0.1, 0.15) is 23.2 Å². The van der Waals surface area contributed by atoms with Crippen LogP contribution in [0.5, 0.6) is 0 Å². The van der Waals surface area contributed by atoms with Crippen molar-refractivity contribution in [1.82, 2.24) is 9.78 Å². The van der Waals surface area contributed by atoms with E-state index >= 15 is 0 Å². The van der Waals surface area contributed by atoms with Crippen LogP contribution in [0, 0.1) is 11.6 Å². The molecule has 0 amide bonds. The van der Waals surface area contributed by atoms with Crippen molar-refractivity contribution in [2.24, 2.45) is 0 Å². The summed E-state index contributed by atoms with van der Waals surface area (Å²) in [7, 11) is 0. The highest BCUT2D eigenvalue weighted by Crippen LogP contribution is 2.27. The largest absolute Gasteiger partial charge is 0.478 e. The van der Waals surface area contributed by atoms with E-state index in [1.165, 1.54) is 35.0 Å². The fourth-order valence-electron chi connectivity index (χ4n) is 2.56. The Morgan fingerprint density at radius 1 is 1.19 bits per heavy atom. The van der Waals surface area contributed by atoms with Gasteiger partial charge in [0.15, 0.2) is 0 Å². The number of halogens is 4. The lowest BCUT2D eigenvalue weighted by atomic mass is 10.1. The quantitative estimate of drug-likeness (QED) is 0.539. The maximum Gasteiger partial charge on any atom is 0.328 e. The first-order chi connectivity index (χ1) is 12.3. The van der Waals surface area contributed by atoms with Gasteiger partial charge >= 0.3 is 5.97 Å². The highest BCUT2D eigenvalue weighted by molar-refractivity contribution is 5.92. The van der Waals surface area contributed by atoms with Crippen LogP contribution in [0.15, 0.2) is 42.5 Å².